The van der Waals surface area contributed by atoms with E-state index in [1.54, 1.807) is 0 Å². The maximum absolute atomic E-state index is 12.8. The van der Waals surface area contributed by atoms with Gasteiger partial charge in [0.2, 0.25) is 0 Å². The molecule has 0 aromatic heterocycles. The van der Waals surface area contributed by atoms with E-state index < -0.39 is 6.10 Å². The molecule has 6 heteroatoms. The first-order valence-electron chi connectivity index (χ1n) is 28.8. The van der Waals surface area contributed by atoms with Crippen molar-refractivity contribution in [1.82, 2.24) is 0 Å². The van der Waals surface area contributed by atoms with Gasteiger partial charge in [-0.15, -0.1) is 0 Å². The van der Waals surface area contributed by atoms with Crippen LogP contribution < -0.4 is 0 Å². The van der Waals surface area contributed by atoms with Crippen LogP contribution in [0.25, 0.3) is 0 Å². The van der Waals surface area contributed by atoms with Gasteiger partial charge in [-0.2, -0.15) is 0 Å². The average molecular weight is 938 g/mol. The number of esters is 3. The van der Waals surface area contributed by atoms with Gasteiger partial charge in [0.15, 0.2) is 6.10 Å². The highest BCUT2D eigenvalue weighted by atomic mass is 16.6. The van der Waals surface area contributed by atoms with Crippen LogP contribution >= 0.6 is 0 Å². The number of unbranched alkanes of at least 4 members (excludes halogenated alkanes) is 31. The molecule has 0 heterocycles. The summed E-state index contributed by atoms with van der Waals surface area (Å²) in [5, 5.41) is 0. The largest absolute Gasteiger partial charge is 0.462 e. The molecule has 67 heavy (non-hydrogen) atoms. The van der Waals surface area contributed by atoms with E-state index in [-0.39, 0.29) is 31.1 Å². The molecule has 1 unspecified atom stereocenters. The number of hydrogen-bond donors (Lipinski definition) is 0. The molecule has 0 aliphatic heterocycles. The molecule has 0 aliphatic carbocycles. The molecule has 0 N–H and O–H groups in total. The zero-order valence-electron chi connectivity index (χ0n) is 44.4. The molecule has 0 aromatic rings. The molecule has 0 aliphatic rings. The van der Waals surface area contributed by atoms with Crippen molar-refractivity contribution in [3.05, 3.63) is 60.8 Å². The SMILES string of the molecule is CCCCC/C=C\CCCCCCCC(=O)OCC(COC(=O)CCCCCCCCCC/C=C\C/C=C\C/C=C\CCCCCCC)OC(=O)CCCCCCC/C=C\CCCCCCC. The predicted molar refractivity (Wildman–Crippen MR) is 288 cm³/mol. The van der Waals surface area contributed by atoms with Gasteiger partial charge in [0.25, 0.3) is 0 Å². The lowest BCUT2D eigenvalue weighted by atomic mass is 10.1. The van der Waals surface area contributed by atoms with E-state index in [4.69, 9.17) is 14.2 Å². The van der Waals surface area contributed by atoms with Gasteiger partial charge in [-0.05, 0) is 109 Å². The standard InChI is InChI=1S/C61H108O6/c1-4-7-10-13-16-19-22-25-27-28-29-30-31-32-33-34-35-37-39-42-45-48-51-54-60(63)66-57-58(56-65-59(62)53-50-47-44-41-38-24-21-18-15-12-9-6-3)67-61(64)55-52-49-46-43-40-36-26-23-20-17-14-11-8-5-2/h18,21-23,25-26,28-29,31-32,58H,4-17,19-20,24,27,30,33-57H2,1-3H3/b21-18-,25-22-,26-23-,29-28-,32-31-. The second-order valence-corrected chi connectivity index (χ2v) is 19.2. The summed E-state index contributed by atoms with van der Waals surface area (Å²) in [6, 6.07) is 0. The van der Waals surface area contributed by atoms with Crippen molar-refractivity contribution in [2.45, 2.75) is 297 Å². The topological polar surface area (TPSA) is 78.9 Å². The van der Waals surface area contributed by atoms with E-state index in [1.807, 2.05) is 0 Å². The van der Waals surface area contributed by atoms with Crippen LogP contribution in [0.4, 0.5) is 0 Å². The van der Waals surface area contributed by atoms with Crippen LogP contribution in [-0.4, -0.2) is 37.2 Å². The van der Waals surface area contributed by atoms with Gasteiger partial charge in [0, 0.05) is 19.3 Å². The molecule has 1 atom stereocenters. The van der Waals surface area contributed by atoms with Crippen molar-refractivity contribution in [3.63, 3.8) is 0 Å². The Hall–Kier alpha value is -2.89. The quantitative estimate of drug-likeness (QED) is 0.0262. The first kappa shape index (κ1) is 64.1. The summed E-state index contributed by atoms with van der Waals surface area (Å²) >= 11 is 0. The molecule has 0 bridgehead atoms. The number of rotatable bonds is 52. The lowest BCUT2D eigenvalue weighted by Gasteiger charge is -2.18. The minimum atomic E-state index is -0.784. The Morgan fingerprint density at radius 1 is 0.299 bits per heavy atom. The third-order valence-corrected chi connectivity index (χ3v) is 12.5. The van der Waals surface area contributed by atoms with E-state index >= 15 is 0 Å². The fourth-order valence-corrected chi connectivity index (χ4v) is 8.09. The second-order valence-electron chi connectivity index (χ2n) is 19.2. The van der Waals surface area contributed by atoms with Crippen molar-refractivity contribution in [2.24, 2.45) is 0 Å². The molecular formula is C61H108O6. The minimum Gasteiger partial charge on any atom is -0.462 e. The Bertz CT molecular complexity index is 1210. The van der Waals surface area contributed by atoms with Crippen LogP contribution in [0.5, 0.6) is 0 Å². The summed E-state index contributed by atoms with van der Waals surface area (Å²) < 4.78 is 16.8. The van der Waals surface area contributed by atoms with E-state index in [2.05, 4.69) is 81.5 Å². The number of ether oxygens (including phenoxy) is 3. The molecular weight excluding hydrogens is 829 g/mol. The predicted octanol–water partition coefficient (Wildman–Crippen LogP) is 19.2. The monoisotopic (exact) mass is 937 g/mol. The third-order valence-electron chi connectivity index (χ3n) is 12.5. The van der Waals surface area contributed by atoms with E-state index in [0.29, 0.717) is 19.3 Å². The molecule has 0 fully saturated rings. The number of hydrogen-bond acceptors (Lipinski definition) is 6. The second kappa shape index (κ2) is 55.7. The van der Waals surface area contributed by atoms with Crippen LogP contribution in [0.2, 0.25) is 0 Å². The summed E-state index contributed by atoms with van der Waals surface area (Å²) in [7, 11) is 0. The van der Waals surface area contributed by atoms with Gasteiger partial charge >= 0.3 is 17.9 Å². The molecule has 0 amide bonds. The highest BCUT2D eigenvalue weighted by Crippen LogP contribution is 2.15. The highest BCUT2D eigenvalue weighted by molar-refractivity contribution is 5.71. The Morgan fingerprint density at radius 3 is 0.881 bits per heavy atom. The summed E-state index contributed by atoms with van der Waals surface area (Å²) in [5.74, 6) is -0.900. The molecule has 0 spiro atoms. The summed E-state index contributed by atoms with van der Waals surface area (Å²) in [4.78, 5) is 38.1. The van der Waals surface area contributed by atoms with Gasteiger partial charge < -0.3 is 14.2 Å². The van der Waals surface area contributed by atoms with Gasteiger partial charge in [-0.1, -0.05) is 223 Å². The molecule has 6 nitrogen and oxygen atoms in total. The van der Waals surface area contributed by atoms with Crippen LogP contribution in [0.3, 0.4) is 0 Å². The lowest BCUT2D eigenvalue weighted by Crippen LogP contribution is -2.30. The number of carbonyl (C=O) groups excluding carboxylic acids is 3. The van der Waals surface area contributed by atoms with Crippen LogP contribution in [0.15, 0.2) is 60.8 Å². The van der Waals surface area contributed by atoms with E-state index in [0.717, 1.165) is 96.3 Å². The summed E-state index contributed by atoms with van der Waals surface area (Å²) in [6.45, 7) is 6.59. The zero-order valence-corrected chi connectivity index (χ0v) is 44.4. The normalized spacial score (nSPS) is 12.5. The van der Waals surface area contributed by atoms with Crippen molar-refractivity contribution in [2.75, 3.05) is 13.2 Å². The molecule has 0 rings (SSSR count). The van der Waals surface area contributed by atoms with Crippen LogP contribution in [-0.2, 0) is 28.6 Å². The molecule has 388 valence electrons. The van der Waals surface area contributed by atoms with Crippen molar-refractivity contribution in [1.29, 1.82) is 0 Å². The maximum Gasteiger partial charge on any atom is 0.306 e. The van der Waals surface area contributed by atoms with E-state index in [9.17, 15) is 14.4 Å². The first-order valence-corrected chi connectivity index (χ1v) is 28.8. The Kier molecular flexibility index (Phi) is 53.3. The van der Waals surface area contributed by atoms with Crippen molar-refractivity contribution < 1.29 is 28.6 Å². The Balaban J connectivity index is 4.32. The average Bonchev–Trinajstić information content (AvgIpc) is 3.33. The first-order chi connectivity index (χ1) is 33.0. The molecule has 0 aromatic carbocycles. The third kappa shape index (κ3) is 53.9. The Labute approximate surface area is 415 Å². The van der Waals surface area contributed by atoms with Crippen molar-refractivity contribution >= 4 is 17.9 Å². The summed E-state index contributed by atoms with van der Waals surface area (Å²) in [6.07, 6.45) is 69.2. The number of carbonyl (C=O) groups is 3. The van der Waals surface area contributed by atoms with Gasteiger partial charge in [0.1, 0.15) is 13.2 Å². The van der Waals surface area contributed by atoms with Crippen molar-refractivity contribution in [3.8, 4) is 0 Å². The molecule has 0 saturated heterocycles. The van der Waals surface area contributed by atoms with Gasteiger partial charge in [-0.3, -0.25) is 14.4 Å². The fraction of sp³-hybridized carbons (Fsp3) is 0.787. The van der Waals surface area contributed by atoms with E-state index in [1.165, 1.54) is 154 Å². The zero-order chi connectivity index (χ0) is 48.6. The molecule has 0 radical (unpaired) electrons. The van der Waals surface area contributed by atoms with Gasteiger partial charge in [-0.25, -0.2) is 0 Å². The fourth-order valence-electron chi connectivity index (χ4n) is 8.09. The highest BCUT2D eigenvalue weighted by Gasteiger charge is 2.19. The van der Waals surface area contributed by atoms with Crippen LogP contribution in [0, 0.1) is 0 Å². The Morgan fingerprint density at radius 2 is 0.537 bits per heavy atom. The smallest absolute Gasteiger partial charge is 0.306 e. The minimum absolute atomic E-state index is 0.0833. The summed E-state index contributed by atoms with van der Waals surface area (Å²) in [5.41, 5.74) is 0. The maximum atomic E-state index is 12.8. The lowest BCUT2D eigenvalue weighted by molar-refractivity contribution is -0.167. The number of allylic oxidation sites excluding steroid dienone is 10. The van der Waals surface area contributed by atoms with Gasteiger partial charge in [0.05, 0.1) is 0 Å². The van der Waals surface area contributed by atoms with Crippen LogP contribution in [0.1, 0.15) is 290 Å². The molecule has 0 saturated carbocycles.